The zero-order valence-corrected chi connectivity index (χ0v) is 12.1. The Balaban J connectivity index is 2.02. The van der Waals surface area contributed by atoms with Gasteiger partial charge in [0.05, 0.1) is 6.10 Å². The predicted octanol–water partition coefficient (Wildman–Crippen LogP) is 5.01. The Morgan fingerprint density at radius 2 is 1.43 bits per heavy atom. The second-order valence-electron chi connectivity index (χ2n) is 6.25. The van der Waals surface area contributed by atoms with Crippen LogP contribution in [-0.4, -0.2) is 11.2 Å². The van der Waals surface area contributed by atoms with Crippen molar-refractivity contribution in [3.05, 3.63) is 60.2 Å². The Labute approximate surface area is 125 Å². The lowest BCUT2D eigenvalue weighted by atomic mass is 9.78. The highest BCUT2D eigenvalue weighted by Crippen LogP contribution is 2.40. The number of aliphatic hydroxyl groups is 1. The maximum Gasteiger partial charge on any atom is 0.0546 e. The summed E-state index contributed by atoms with van der Waals surface area (Å²) in [5.41, 5.74) is 1.45. The largest absolute Gasteiger partial charge is 0.393 e. The molecule has 1 aliphatic rings. The van der Waals surface area contributed by atoms with E-state index in [4.69, 9.17) is 0 Å². The highest BCUT2D eigenvalue weighted by molar-refractivity contribution is 6.02. The zero-order valence-electron chi connectivity index (χ0n) is 12.1. The van der Waals surface area contributed by atoms with Crippen molar-refractivity contribution in [1.82, 2.24) is 0 Å². The Morgan fingerprint density at radius 1 is 0.810 bits per heavy atom. The van der Waals surface area contributed by atoms with E-state index < -0.39 is 0 Å². The van der Waals surface area contributed by atoms with Gasteiger partial charge in [-0.25, -0.2) is 0 Å². The summed E-state index contributed by atoms with van der Waals surface area (Å²) in [6.07, 6.45) is 4.04. The topological polar surface area (TPSA) is 20.2 Å². The molecule has 0 radical (unpaired) electrons. The monoisotopic (exact) mass is 276 g/mol. The minimum absolute atomic E-state index is 0.138. The second-order valence-corrected chi connectivity index (χ2v) is 6.25. The van der Waals surface area contributed by atoms with Crippen LogP contribution in [0, 0.1) is 0 Å². The SMILES string of the molecule is O[C@@H]1CCC[C@H](c2c3ccccc3cc3ccccc23)C1. The predicted molar refractivity (Wildman–Crippen MR) is 88.7 cm³/mol. The molecule has 0 amide bonds. The molecule has 106 valence electrons. The van der Waals surface area contributed by atoms with Crippen molar-refractivity contribution in [3.63, 3.8) is 0 Å². The van der Waals surface area contributed by atoms with Gasteiger partial charge in [-0.05, 0) is 58.4 Å². The van der Waals surface area contributed by atoms with Crippen LogP contribution in [-0.2, 0) is 0 Å². The summed E-state index contributed by atoms with van der Waals surface area (Å²) >= 11 is 0. The van der Waals surface area contributed by atoms with E-state index in [2.05, 4.69) is 54.6 Å². The van der Waals surface area contributed by atoms with Crippen LogP contribution in [0.5, 0.6) is 0 Å². The maximum atomic E-state index is 10.1. The van der Waals surface area contributed by atoms with Crippen molar-refractivity contribution in [2.24, 2.45) is 0 Å². The average Bonchev–Trinajstić information content (AvgIpc) is 2.52. The Kier molecular flexibility index (Phi) is 3.16. The third-order valence-electron chi connectivity index (χ3n) is 4.87. The third kappa shape index (κ3) is 2.22. The van der Waals surface area contributed by atoms with E-state index >= 15 is 0 Å². The number of aliphatic hydroxyl groups excluding tert-OH is 1. The Hall–Kier alpha value is -1.86. The third-order valence-corrected chi connectivity index (χ3v) is 4.87. The first-order chi connectivity index (χ1) is 10.3. The van der Waals surface area contributed by atoms with Crippen molar-refractivity contribution in [3.8, 4) is 0 Å². The van der Waals surface area contributed by atoms with Gasteiger partial charge in [-0.1, -0.05) is 55.0 Å². The highest BCUT2D eigenvalue weighted by Gasteiger charge is 2.24. The molecule has 1 heteroatoms. The van der Waals surface area contributed by atoms with E-state index in [1.807, 2.05) is 0 Å². The van der Waals surface area contributed by atoms with Gasteiger partial charge in [-0.3, -0.25) is 0 Å². The molecule has 3 aromatic carbocycles. The molecule has 1 N–H and O–H groups in total. The van der Waals surface area contributed by atoms with E-state index in [0.717, 1.165) is 19.3 Å². The Morgan fingerprint density at radius 3 is 2.05 bits per heavy atom. The zero-order chi connectivity index (χ0) is 14.2. The van der Waals surface area contributed by atoms with E-state index in [1.54, 1.807) is 0 Å². The summed E-state index contributed by atoms with van der Waals surface area (Å²) in [6.45, 7) is 0. The molecule has 0 heterocycles. The normalized spacial score (nSPS) is 22.7. The van der Waals surface area contributed by atoms with Crippen molar-refractivity contribution < 1.29 is 5.11 Å². The molecule has 21 heavy (non-hydrogen) atoms. The fourth-order valence-corrected chi connectivity index (χ4v) is 3.91. The summed E-state index contributed by atoms with van der Waals surface area (Å²) in [4.78, 5) is 0. The second kappa shape index (κ2) is 5.16. The lowest BCUT2D eigenvalue weighted by Gasteiger charge is -2.28. The van der Waals surface area contributed by atoms with Crippen LogP contribution >= 0.6 is 0 Å². The Bertz CT molecular complexity index is 736. The van der Waals surface area contributed by atoms with Crippen molar-refractivity contribution >= 4 is 21.5 Å². The molecular formula is C20H20O. The summed E-state index contributed by atoms with van der Waals surface area (Å²) < 4.78 is 0. The number of hydrogen-bond acceptors (Lipinski definition) is 1. The van der Waals surface area contributed by atoms with Crippen LogP contribution in [0.4, 0.5) is 0 Å². The average molecular weight is 276 g/mol. The quantitative estimate of drug-likeness (QED) is 0.619. The summed E-state index contributed by atoms with van der Waals surface area (Å²) in [5, 5.41) is 15.4. The van der Waals surface area contributed by atoms with Crippen molar-refractivity contribution in [1.29, 1.82) is 0 Å². The first-order valence-electron chi connectivity index (χ1n) is 7.91. The molecule has 1 aliphatic carbocycles. The molecule has 1 saturated carbocycles. The lowest BCUT2D eigenvalue weighted by Crippen LogP contribution is -2.18. The smallest absolute Gasteiger partial charge is 0.0546 e. The number of fused-ring (bicyclic) bond motifs is 2. The molecule has 1 fully saturated rings. The summed E-state index contributed by atoms with van der Waals surface area (Å²) in [6, 6.07) is 19.6. The number of hydrogen-bond donors (Lipinski definition) is 1. The van der Waals surface area contributed by atoms with Gasteiger partial charge in [0.15, 0.2) is 0 Å². The minimum atomic E-state index is -0.138. The van der Waals surface area contributed by atoms with Gasteiger partial charge in [0.25, 0.3) is 0 Å². The molecule has 0 unspecified atom stereocenters. The number of rotatable bonds is 1. The van der Waals surface area contributed by atoms with E-state index in [0.29, 0.717) is 5.92 Å². The molecule has 4 rings (SSSR count). The minimum Gasteiger partial charge on any atom is -0.393 e. The van der Waals surface area contributed by atoms with Gasteiger partial charge in [0.1, 0.15) is 0 Å². The molecule has 3 aromatic rings. The van der Waals surface area contributed by atoms with E-state index in [-0.39, 0.29) is 6.10 Å². The molecule has 1 nitrogen and oxygen atoms in total. The summed E-state index contributed by atoms with van der Waals surface area (Å²) in [7, 11) is 0. The van der Waals surface area contributed by atoms with Crippen LogP contribution in [0.25, 0.3) is 21.5 Å². The van der Waals surface area contributed by atoms with E-state index in [1.165, 1.54) is 33.5 Å². The first kappa shape index (κ1) is 12.8. The molecular weight excluding hydrogens is 256 g/mol. The lowest BCUT2D eigenvalue weighted by molar-refractivity contribution is 0.120. The highest BCUT2D eigenvalue weighted by atomic mass is 16.3. The van der Waals surface area contributed by atoms with Gasteiger partial charge in [0, 0.05) is 0 Å². The first-order valence-corrected chi connectivity index (χ1v) is 7.91. The van der Waals surface area contributed by atoms with Gasteiger partial charge in [-0.15, -0.1) is 0 Å². The molecule has 0 saturated heterocycles. The van der Waals surface area contributed by atoms with Crippen LogP contribution in [0.15, 0.2) is 54.6 Å². The van der Waals surface area contributed by atoms with Crippen molar-refractivity contribution in [2.45, 2.75) is 37.7 Å². The fourth-order valence-electron chi connectivity index (χ4n) is 3.91. The van der Waals surface area contributed by atoms with Gasteiger partial charge in [-0.2, -0.15) is 0 Å². The van der Waals surface area contributed by atoms with Crippen LogP contribution < -0.4 is 0 Å². The van der Waals surface area contributed by atoms with Gasteiger partial charge in [0.2, 0.25) is 0 Å². The molecule has 0 aromatic heterocycles. The van der Waals surface area contributed by atoms with Crippen LogP contribution in [0.1, 0.15) is 37.2 Å². The molecule has 0 aliphatic heterocycles. The molecule has 2 atom stereocenters. The fraction of sp³-hybridized carbons (Fsp3) is 0.300. The van der Waals surface area contributed by atoms with Crippen molar-refractivity contribution in [2.75, 3.05) is 0 Å². The van der Waals surface area contributed by atoms with Gasteiger partial charge < -0.3 is 5.11 Å². The van der Waals surface area contributed by atoms with Gasteiger partial charge >= 0.3 is 0 Å². The molecule has 0 bridgehead atoms. The summed E-state index contributed by atoms with van der Waals surface area (Å²) in [5.74, 6) is 0.477. The standard InChI is InChI=1S/C20H20O/c21-17-9-5-8-16(13-17)20-18-10-3-1-6-14(18)12-15-7-2-4-11-19(15)20/h1-4,6-7,10-12,16-17,21H,5,8-9,13H2/t16-,17+/m0/s1. The van der Waals surface area contributed by atoms with Crippen LogP contribution in [0.2, 0.25) is 0 Å². The maximum absolute atomic E-state index is 10.1. The van der Waals surface area contributed by atoms with Crippen LogP contribution in [0.3, 0.4) is 0 Å². The van der Waals surface area contributed by atoms with E-state index in [9.17, 15) is 5.11 Å². The molecule has 0 spiro atoms. The number of benzene rings is 3.